The third-order valence-electron chi connectivity index (χ3n) is 2.67. The maximum Gasteiger partial charge on any atom is 0.163 e. The van der Waals surface area contributed by atoms with Gasteiger partial charge in [0.1, 0.15) is 11.3 Å². The first-order valence-corrected chi connectivity index (χ1v) is 4.92. The van der Waals surface area contributed by atoms with Crippen LogP contribution in [0.1, 0.15) is 39.0 Å². The van der Waals surface area contributed by atoms with Crippen LogP contribution in [-0.2, 0) is 15.9 Å². The van der Waals surface area contributed by atoms with Crippen molar-refractivity contribution in [2.45, 2.75) is 38.9 Å². The minimum Gasteiger partial charge on any atom is -0.359 e. The third-order valence-corrected chi connectivity index (χ3v) is 2.67. The molecule has 2 rings (SSSR count). The predicted molar refractivity (Wildman–Crippen MR) is 57.0 cm³/mol. The number of hydrogen-bond donors (Lipinski definition) is 2. The normalized spacial score (nSPS) is 21.1. The molecular formula is C10H16N4O. The Morgan fingerprint density at radius 2 is 1.87 bits per heavy atom. The molecule has 0 saturated carbocycles. The molecule has 1 aliphatic heterocycles. The monoisotopic (exact) mass is 208 g/mol. The lowest BCUT2D eigenvalue weighted by molar-refractivity contribution is -0.106. The summed E-state index contributed by atoms with van der Waals surface area (Å²) in [5.41, 5.74) is 3.67. The first-order valence-electron chi connectivity index (χ1n) is 4.92. The molecule has 0 spiro atoms. The van der Waals surface area contributed by atoms with E-state index < -0.39 is 0 Å². The summed E-state index contributed by atoms with van der Waals surface area (Å²) in [6, 6.07) is 1.89. The highest BCUT2D eigenvalue weighted by Crippen LogP contribution is 2.45. The Morgan fingerprint density at radius 3 is 2.47 bits per heavy atom. The lowest BCUT2D eigenvalue weighted by Gasteiger charge is -2.23. The molecule has 2 heterocycles. The lowest BCUT2D eigenvalue weighted by atomic mass is 9.96. The second-order valence-corrected chi connectivity index (χ2v) is 4.76. The van der Waals surface area contributed by atoms with Crippen LogP contribution < -0.4 is 11.3 Å². The van der Waals surface area contributed by atoms with Crippen LogP contribution in [-0.4, -0.2) is 10.2 Å². The number of nitrogen functional groups attached to an aromatic ring is 1. The zero-order valence-electron chi connectivity index (χ0n) is 9.46. The summed E-state index contributed by atoms with van der Waals surface area (Å²) in [6.07, 6.45) is 0. The Labute approximate surface area is 89.0 Å². The SMILES string of the molecule is CC1(C)OC(C)(C)c2nnc(NN)cc21. The number of hydrogen-bond acceptors (Lipinski definition) is 5. The Kier molecular flexibility index (Phi) is 1.99. The van der Waals surface area contributed by atoms with Gasteiger partial charge < -0.3 is 10.2 Å². The van der Waals surface area contributed by atoms with Crippen LogP contribution in [0.25, 0.3) is 0 Å². The van der Waals surface area contributed by atoms with Crippen LogP contribution in [0.2, 0.25) is 0 Å². The van der Waals surface area contributed by atoms with Crippen molar-refractivity contribution >= 4 is 5.82 Å². The summed E-state index contributed by atoms with van der Waals surface area (Å²) in [5.74, 6) is 5.87. The van der Waals surface area contributed by atoms with Crippen molar-refractivity contribution in [1.82, 2.24) is 10.2 Å². The summed E-state index contributed by atoms with van der Waals surface area (Å²) in [4.78, 5) is 0. The first kappa shape index (κ1) is 10.3. The number of nitrogens with one attached hydrogen (secondary N) is 1. The molecule has 0 fully saturated rings. The molecule has 0 aromatic carbocycles. The van der Waals surface area contributed by atoms with Gasteiger partial charge in [-0.3, -0.25) is 0 Å². The standard InChI is InChI=1S/C10H16N4O/c1-9(2)6-5-7(12-11)13-14-8(6)10(3,4)15-9/h5H,11H2,1-4H3,(H,12,13). The second-order valence-electron chi connectivity index (χ2n) is 4.76. The van der Waals surface area contributed by atoms with E-state index in [1.165, 1.54) is 0 Å². The van der Waals surface area contributed by atoms with Gasteiger partial charge in [0.05, 0.1) is 5.60 Å². The van der Waals surface area contributed by atoms with E-state index in [1.807, 2.05) is 33.8 Å². The number of fused-ring (bicyclic) bond motifs is 1. The molecule has 1 aromatic rings. The number of nitrogens with two attached hydrogens (primary N) is 1. The fraction of sp³-hybridized carbons (Fsp3) is 0.600. The molecule has 5 nitrogen and oxygen atoms in total. The highest BCUT2D eigenvalue weighted by atomic mass is 16.5. The van der Waals surface area contributed by atoms with E-state index in [0.29, 0.717) is 5.82 Å². The number of aromatic nitrogens is 2. The minimum absolute atomic E-state index is 0.347. The van der Waals surface area contributed by atoms with Gasteiger partial charge in [-0.05, 0) is 33.8 Å². The first-order chi connectivity index (χ1) is 6.87. The van der Waals surface area contributed by atoms with Crippen molar-refractivity contribution in [2.24, 2.45) is 5.84 Å². The topological polar surface area (TPSA) is 73.1 Å². The van der Waals surface area contributed by atoms with Gasteiger partial charge in [-0.2, -0.15) is 5.10 Å². The fourth-order valence-electron chi connectivity index (χ4n) is 2.11. The van der Waals surface area contributed by atoms with Crippen molar-refractivity contribution in [3.8, 4) is 0 Å². The summed E-state index contributed by atoms with van der Waals surface area (Å²) in [7, 11) is 0. The number of ether oxygens (including phenoxy) is 1. The van der Waals surface area contributed by atoms with Crippen molar-refractivity contribution < 1.29 is 4.74 Å². The lowest BCUT2D eigenvalue weighted by Crippen LogP contribution is -2.22. The van der Waals surface area contributed by atoms with Crippen LogP contribution in [0.3, 0.4) is 0 Å². The number of rotatable bonds is 1. The van der Waals surface area contributed by atoms with Crippen molar-refractivity contribution in [3.63, 3.8) is 0 Å². The highest BCUT2D eigenvalue weighted by Gasteiger charge is 2.44. The molecule has 0 atom stereocenters. The summed E-state index contributed by atoms with van der Waals surface area (Å²) in [5, 5.41) is 8.12. The molecule has 0 unspecified atom stereocenters. The molecule has 0 aliphatic carbocycles. The van der Waals surface area contributed by atoms with Crippen LogP contribution in [0, 0.1) is 0 Å². The highest BCUT2D eigenvalue weighted by molar-refractivity contribution is 5.43. The van der Waals surface area contributed by atoms with Crippen LogP contribution in [0.4, 0.5) is 5.82 Å². The molecule has 1 aliphatic rings. The van der Waals surface area contributed by atoms with Crippen LogP contribution in [0.15, 0.2) is 6.07 Å². The Morgan fingerprint density at radius 1 is 1.20 bits per heavy atom. The van der Waals surface area contributed by atoms with E-state index in [9.17, 15) is 0 Å². The van der Waals surface area contributed by atoms with Gasteiger partial charge in [-0.1, -0.05) is 0 Å². The van der Waals surface area contributed by atoms with Crippen molar-refractivity contribution in [3.05, 3.63) is 17.3 Å². The molecule has 1 aromatic heterocycles. The van der Waals surface area contributed by atoms with Crippen molar-refractivity contribution in [2.75, 3.05) is 5.43 Å². The molecule has 0 bridgehead atoms. The molecule has 0 radical (unpaired) electrons. The fourth-order valence-corrected chi connectivity index (χ4v) is 2.11. The van der Waals surface area contributed by atoms with E-state index >= 15 is 0 Å². The smallest absolute Gasteiger partial charge is 0.163 e. The Balaban J connectivity index is 2.60. The van der Waals surface area contributed by atoms with Crippen LogP contribution in [0.5, 0.6) is 0 Å². The number of nitrogens with zero attached hydrogens (tertiary/aromatic N) is 2. The van der Waals surface area contributed by atoms with E-state index in [0.717, 1.165) is 11.3 Å². The average molecular weight is 208 g/mol. The van der Waals surface area contributed by atoms with Gasteiger partial charge in [0, 0.05) is 5.56 Å². The maximum absolute atomic E-state index is 5.93. The van der Waals surface area contributed by atoms with Crippen LogP contribution >= 0.6 is 0 Å². The summed E-state index contributed by atoms with van der Waals surface area (Å²) >= 11 is 0. The molecule has 3 N–H and O–H groups in total. The molecular weight excluding hydrogens is 192 g/mol. The van der Waals surface area contributed by atoms with E-state index in [4.69, 9.17) is 10.6 Å². The van der Waals surface area contributed by atoms with Gasteiger partial charge in [0.2, 0.25) is 0 Å². The quantitative estimate of drug-likeness (QED) is 0.537. The van der Waals surface area contributed by atoms with Gasteiger partial charge in [0.15, 0.2) is 5.82 Å². The van der Waals surface area contributed by atoms with Gasteiger partial charge >= 0.3 is 0 Å². The largest absolute Gasteiger partial charge is 0.359 e. The van der Waals surface area contributed by atoms with Gasteiger partial charge in [0.25, 0.3) is 0 Å². The number of hydrazine groups is 1. The van der Waals surface area contributed by atoms with Gasteiger partial charge in [-0.15, -0.1) is 5.10 Å². The van der Waals surface area contributed by atoms with Crippen molar-refractivity contribution in [1.29, 1.82) is 0 Å². The van der Waals surface area contributed by atoms with E-state index in [2.05, 4.69) is 15.6 Å². The minimum atomic E-state index is -0.390. The molecule has 15 heavy (non-hydrogen) atoms. The molecule has 0 amide bonds. The molecule has 0 saturated heterocycles. The summed E-state index contributed by atoms with van der Waals surface area (Å²) < 4.78 is 5.93. The second kappa shape index (κ2) is 2.90. The van der Waals surface area contributed by atoms with E-state index in [1.54, 1.807) is 0 Å². The third kappa shape index (κ3) is 1.48. The Bertz CT molecular complexity index is 400. The summed E-state index contributed by atoms with van der Waals surface area (Å²) in [6.45, 7) is 8.01. The Hall–Kier alpha value is -1.20. The number of anilines is 1. The average Bonchev–Trinajstić information content (AvgIpc) is 2.32. The molecule has 5 heteroatoms. The van der Waals surface area contributed by atoms with E-state index in [-0.39, 0.29) is 11.2 Å². The van der Waals surface area contributed by atoms with Gasteiger partial charge in [-0.25, -0.2) is 5.84 Å². The predicted octanol–water partition coefficient (Wildman–Crippen LogP) is 1.26. The zero-order chi connectivity index (χ0) is 11.3. The molecule has 82 valence electrons. The zero-order valence-corrected chi connectivity index (χ0v) is 9.46. The maximum atomic E-state index is 5.93.